The SMILES string of the molecule is CC(C)Cn1c(SCC(=O)c2ccc(F)c(F)c2)nc2ccccc21. The number of hydrogen-bond donors (Lipinski definition) is 0. The molecule has 25 heavy (non-hydrogen) atoms. The first kappa shape index (κ1) is 17.6. The molecule has 0 spiro atoms. The van der Waals surface area contributed by atoms with Gasteiger partial charge in [-0.15, -0.1) is 0 Å². The summed E-state index contributed by atoms with van der Waals surface area (Å²) in [5.74, 6) is -1.68. The Morgan fingerprint density at radius 2 is 1.92 bits per heavy atom. The number of fused-ring (bicyclic) bond motifs is 1. The number of benzene rings is 2. The lowest BCUT2D eigenvalue weighted by Crippen LogP contribution is -2.08. The standard InChI is InChI=1S/C19H18F2N2OS/c1-12(2)10-23-17-6-4-3-5-16(17)22-19(23)25-11-18(24)13-7-8-14(20)15(21)9-13/h3-9,12H,10-11H2,1-2H3. The second-order valence-electron chi connectivity index (χ2n) is 6.23. The number of carbonyl (C=O) groups excluding carboxylic acids is 1. The molecule has 0 fully saturated rings. The molecule has 0 radical (unpaired) electrons. The Bertz CT molecular complexity index is 921. The zero-order valence-electron chi connectivity index (χ0n) is 14.0. The van der Waals surface area contributed by atoms with Crippen LogP contribution in [-0.2, 0) is 6.54 Å². The third-order valence-electron chi connectivity index (χ3n) is 3.74. The minimum atomic E-state index is -1.01. The molecule has 0 bridgehead atoms. The van der Waals surface area contributed by atoms with Crippen LogP contribution in [0.4, 0.5) is 8.78 Å². The van der Waals surface area contributed by atoms with Gasteiger partial charge >= 0.3 is 0 Å². The van der Waals surface area contributed by atoms with Crippen molar-refractivity contribution in [1.82, 2.24) is 9.55 Å². The fourth-order valence-corrected chi connectivity index (χ4v) is 3.51. The van der Waals surface area contributed by atoms with Crippen LogP contribution in [0, 0.1) is 17.6 Å². The molecule has 0 amide bonds. The zero-order valence-corrected chi connectivity index (χ0v) is 14.8. The summed E-state index contributed by atoms with van der Waals surface area (Å²) in [6, 6.07) is 11.0. The first-order valence-electron chi connectivity index (χ1n) is 8.02. The molecule has 130 valence electrons. The summed E-state index contributed by atoms with van der Waals surface area (Å²) in [7, 11) is 0. The van der Waals surface area contributed by atoms with Crippen molar-refractivity contribution in [2.75, 3.05) is 5.75 Å². The Kier molecular flexibility index (Phi) is 5.18. The summed E-state index contributed by atoms with van der Waals surface area (Å²) in [6.45, 7) is 5.04. The van der Waals surface area contributed by atoms with Crippen molar-refractivity contribution in [1.29, 1.82) is 0 Å². The van der Waals surface area contributed by atoms with Gasteiger partial charge in [0, 0.05) is 12.1 Å². The van der Waals surface area contributed by atoms with E-state index in [1.807, 2.05) is 24.3 Å². The molecule has 0 aliphatic rings. The largest absolute Gasteiger partial charge is 0.319 e. The molecule has 6 heteroatoms. The Hall–Kier alpha value is -2.21. The molecule has 0 atom stereocenters. The van der Waals surface area contributed by atoms with Crippen LogP contribution in [0.5, 0.6) is 0 Å². The lowest BCUT2D eigenvalue weighted by Gasteiger charge is -2.11. The molecule has 3 aromatic rings. The summed E-state index contributed by atoms with van der Waals surface area (Å²) >= 11 is 1.31. The maximum Gasteiger partial charge on any atom is 0.173 e. The number of aromatic nitrogens is 2. The number of para-hydroxylation sites is 2. The van der Waals surface area contributed by atoms with Crippen LogP contribution in [0.15, 0.2) is 47.6 Å². The molecular formula is C19H18F2N2OS. The van der Waals surface area contributed by atoms with Crippen molar-refractivity contribution in [3.05, 3.63) is 59.7 Å². The van der Waals surface area contributed by atoms with E-state index in [1.165, 1.54) is 17.8 Å². The lowest BCUT2D eigenvalue weighted by molar-refractivity contribution is 0.102. The van der Waals surface area contributed by atoms with Gasteiger partial charge in [-0.2, -0.15) is 0 Å². The molecule has 0 saturated heterocycles. The van der Waals surface area contributed by atoms with Crippen LogP contribution in [0.3, 0.4) is 0 Å². The topological polar surface area (TPSA) is 34.9 Å². The molecule has 0 aliphatic heterocycles. The van der Waals surface area contributed by atoms with E-state index in [-0.39, 0.29) is 17.1 Å². The highest BCUT2D eigenvalue weighted by Crippen LogP contribution is 2.26. The van der Waals surface area contributed by atoms with Gasteiger partial charge in [0.1, 0.15) is 0 Å². The summed E-state index contributed by atoms with van der Waals surface area (Å²) < 4.78 is 28.4. The van der Waals surface area contributed by atoms with Crippen molar-refractivity contribution in [2.24, 2.45) is 5.92 Å². The van der Waals surface area contributed by atoms with Crippen LogP contribution in [0.1, 0.15) is 24.2 Å². The summed E-state index contributed by atoms with van der Waals surface area (Å²) in [5.41, 5.74) is 2.07. The van der Waals surface area contributed by atoms with Gasteiger partial charge in [-0.1, -0.05) is 37.7 Å². The number of imidazole rings is 1. The van der Waals surface area contributed by atoms with Crippen molar-refractivity contribution < 1.29 is 13.6 Å². The highest BCUT2D eigenvalue weighted by atomic mass is 32.2. The van der Waals surface area contributed by atoms with Gasteiger partial charge in [0.2, 0.25) is 0 Å². The average molecular weight is 360 g/mol. The Morgan fingerprint density at radius 3 is 2.64 bits per heavy atom. The molecule has 3 nitrogen and oxygen atoms in total. The van der Waals surface area contributed by atoms with Gasteiger partial charge in [-0.25, -0.2) is 13.8 Å². The fraction of sp³-hybridized carbons (Fsp3) is 0.263. The second-order valence-corrected chi connectivity index (χ2v) is 7.17. The molecule has 0 unspecified atom stereocenters. The molecule has 0 aliphatic carbocycles. The van der Waals surface area contributed by atoms with Crippen molar-refractivity contribution in [3.63, 3.8) is 0 Å². The molecular weight excluding hydrogens is 342 g/mol. The number of rotatable bonds is 6. The number of Topliss-reactive ketones (excluding diaryl/α,β-unsaturated/α-hetero) is 1. The van der Waals surface area contributed by atoms with E-state index in [0.717, 1.165) is 34.9 Å². The average Bonchev–Trinajstić information content (AvgIpc) is 2.92. The van der Waals surface area contributed by atoms with Crippen molar-refractivity contribution in [3.8, 4) is 0 Å². The van der Waals surface area contributed by atoms with Gasteiger partial charge in [-0.05, 0) is 36.2 Å². The Labute approximate surface area is 149 Å². The summed E-state index contributed by atoms with van der Waals surface area (Å²) in [4.78, 5) is 16.9. The minimum Gasteiger partial charge on any atom is -0.319 e. The van der Waals surface area contributed by atoms with Crippen molar-refractivity contribution in [2.45, 2.75) is 25.5 Å². The minimum absolute atomic E-state index is 0.118. The van der Waals surface area contributed by atoms with E-state index in [9.17, 15) is 13.6 Å². The molecule has 0 N–H and O–H groups in total. The third kappa shape index (κ3) is 3.90. The van der Waals surface area contributed by atoms with Gasteiger partial charge in [0.25, 0.3) is 0 Å². The predicted molar refractivity (Wildman–Crippen MR) is 96.0 cm³/mol. The van der Waals surface area contributed by atoms with Crippen LogP contribution in [-0.4, -0.2) is 21.1 Å². The van der Waals surface area contributed by atoms with E-state index in [0.29, 0.717) is 5.92 Å². The smallest absolute Gasteiger partial charge is 0.173 e. The first-order chi connectivity index (χ1) is 12.0. The highest BCUT2D eigenvalue weighted by molar-refractivity contribution is 7.99. The van der Waals surface area contributed by atoms with E-state index in [2.05, 4.69) is 23.4 Å². The molecule has 2 aromatic carbocycles. The van der Waals surface area contributed by atoms with Crippen LogP contribution >= 0.6 is 11.8 Å². The van der Waals surface area contributed by atoms with Crippen LogP contribution < -0.4 is 0 Å². The summed E-state index contributed by atoms with van der Waals surface area (Å²) in [6.07, 6.45) is 0. The number of ketones is 1. The van der Waals surface area contributed by atoms with E-state index in [4.69, 9.17) is 0 Å². The quantitative estimate of drug-likeness (QED) is 0.461. The van der Waals surface area contributed by atoms with E-state index >= 15 is 0 Å². The number of hydrogen-bond acceptors (Lipinski definition) is 3. The van der Waals surface area contributed by atoms with E-state index < -0.39 is 11.6 Å². The number of nitrogens with zero attached hydrogens (tertiary/aromatic N) is 2. The van der Waals surface area contributed by atoms with E-state index in [1.54, 1.807) is 0 Å². The van der Waals surface area contributed by atoms with Crippen molar-refractivity contribution >= 4 is 28.6 Å². The normalized spacial score (nSPS) is 11.4. The van der Waals surface area contributed by atoms with Gasteiger partial charge in [0.15, 0.2) is 22.6 Å². The Morgan fingerprint density at radius 1 is 1.16 bits per heavy atom. The van der Waals surface area contributed by atoms with Gasteiger partial charge in [-0.3, -0.25) is 4.79 Å². The maximum atomic E-state index is 13.3. The number of carbonyl (C=O) groups is 1. The molecule has 1 aromatic heterocycles. The summed E-state index contributed by atoms with van der Waals surface area (Å²) in [5, 5.41) is 0.755. The monoisotopic (exact) mass is 360 g/mol. The fourth-order valence-electron chi connectivity index (χ4n) is 2.59. The maximum absolute atomic E-state index is 13.3. The number of thioether (sulfide) groups is 1. The highest BCUT2D eigenvalue weighted by Gasteiger charge is 2.15. The third-order valence-corrected chi connectivity index (χ3v) is 4.72. The first-order valence-corrected chi connectivity index (χ1v) is 9.00. The predicted octanol–water partition coefficient (Wildman–Crippen LogP) is 4.95. The van der Waals surface area contributed by atoms with Crippen LogP contribution in [0.2, 0.25) is 0 Å². The zero-order chi connectivity index (χ0) is 18.0. The Balaban J connectivity index is 1.82. The lowest BCUT2D eigenvalue weighted by atomic mass is 10.1. The molecule has 1 heterocycles. The second kappa shape index (κ2) is 7.35. The van der Waals surface area contributed by atoms with Gasteiger partial charge < -0.3 is 4.57 Å². The van der Waals surface area contributed by atoms with Crippen LogP contribution in [0.25, 0.3) is 11.0 Å². The number of halogens is 2. The molecule has 3 rings (SSSR count). The molecule has 0 saturated carbocycles. The van der Waals surface area contributed by atoms with Gasteiger partial charge in [0.05, 0.1) is 16.8 Å².